The summed E-state index contributed by atoms with van der Waals surface area (Å²) in [5.41, 5.74) is 0.701. The van der Waals surface area contributed by atoms with E-state index in [0.29, 0.717) is 22.9 Å². The Bertz CT molecular complexity index is 159. The summed E-state index contributed by atoms with van der Waals surface area (Å²) in [6, 6.07) is 1.17. The molecule has 0 aliphatic rings. The molecule has 0 radical (unpaired) electrons. The molecule has 0 aliphatic heterocycles. The second-order valence-electron chi connectivity index (χ2n) is 6.58. The van der Waals surface area contributed by atoms with E-state index in [9.17, 15) is 0 Å². The van der Waals surface area contributed by atoms with Crippen LogP contribution in [0.3, 0.4) is 0 Å². The standard InChI is InChI=1S/C13H29N/c1-9-11(13(6,7)8)14-10(2)12(3,4)5/h10-11,14H,9H2,1-8H3. The molecule has 14 heavy (non-hydrogen) atoms. The molecule has 1 N–H and O–H groups in total. The molecule has 0 heterocycles. The molecule has 1 nitrogen and oxygen atoms in total. The third-order valence-electron chi connectivity index (χ3n) is 3.20. The molecule has 0 aromatic rings. The number of rotatable bonds is 3. The second kappa shape index (κ2) is 4.65. The van der Waals surface area contributed by atoms with Crippen LogP contribution in [0.2, 0.25) is 0 Å². The van der Waals surface area contributed by atoms with Crippen molar-refractivity contribution >= 4 is 0 Å². The Labute approximate surface area is 90.7 Å². The Balaban J connectivity index is 4.34. The molecule has 0 saturated heterocycles. The summed E-state index contributed by atoms with van der Waals surface area (Å²) in [5.74, 6) is 0. The SMILES string of the molecule is CCC(NC(C)C(C)(C)C)C(C)(C)C. The van der Waals surface area contributed by atoms with E-state index >= 15 is 0 Å². The minimum absolute atomic E-state index is 0.346. The van der Waals surface area contributed by atoms with Crippen LogP contribution in [-0.2, 0) is 0 Å². The van der Waals surface area contributed by atoms with Crippen LogP contribution in [-0.4, -0.2) is 12.1 Å². The van der Waals surface area contributed by atoms with E-state index in [4.69, 9.17) is 0 Å². The molecular weight excluding hydrogens is 170 g/mol. The molecule has 2 unspecified atom stereocenters. The molecule has 2 atom stereocenters. The topological polar surface area (TPSA) is 12.0 Å². The second-order valence-corrected chi connectivity index (χ2v) is 6.58. The third kappa shape index (κ3) is 4.45. The summed E-state index contributed by atoms with van der Waals surface area (Å²) in [7, 11) is 0. The molecule has 86 valence electrons. The zero-order chi connectivity index (χ0) is 11.6. The summed E-state index contributed by atoms with van der Waals surface area (Å²) in [4.78, 5) is 0. The molecule has 0 amide bonds. The van der Waals surface area contributed by atoms with Gasteiger partial charge in [0, 0.05) is 12.1 Å². The van der Waals surface area contributed by atoms with E-state index in [1.807, 2.05) is 0 Å². The highest BCUT2D eigenvalue weighted by Gasteiger charge is 2.28. The van der Waals surface area contributed by atoms with Crippen molar-refractivity contribution in [2.24, 2.45) is 10.8 Å². The van der Waals surface area contributed by atoms with Gasteiger partial charge in [-0.15, -0.1) is 0 Å². The lowest BCUT2D eigenvalue weighted by Crippen LogP contribution is -2.49. The van der Waals surface area contributed by atoms with E-state index in [2.05, 4.69) is 60.7 Å². The van der Waals surface area contributed by atoms with Crippen molar-refractivity contribution in [3.63, 3.8) is 0 Å². The molecule has 0 rings (SSSR count). The maximum absolute atomic E-state index is 3.75. The molecule has 0 fully saturated rings. The highest BCUT2D eigenvalue weighted by atomic mass is 15.0. The molecule has 0 bridgehead atoms. The summed E-state index contributed by atoms with van der Waals surface area (Å²) < 4.78 is 0. The first-order valence-corrected chi connectivity index (χ1v) is 5.85. The minimum atomic E-state index is 0.346. The zero-order valence-corrected chi connectivity index (χ0v) is 11.4. The lowest BCUT2D eigenvalue weighted by Gasteiger charge is -2.38. The maximum atomic E-state index is 3.75. The van der Waals surface area contributed by atoms with Crippen LogP contribution in [0, 0.1) is 10.8 Å². The quantitative estimate of drug-likeness (QED) is 0.728. The Morgan fingerprint density at radius 2 is 1.36 bits per heavy atom. The van der Waals surface area contributed by atoms with Gasteiger partial charge in [-0.2, -0.15) is 0 Å². The number of hydrogen-bond acceptors (Lipinski definition) is 1. The lowest BCUT2D eigenvalue weighted by atomic mass is 9.81. The van der Waals surface area contributed by atoms with E-state index in [-0.39, 0.29) is 0 Å². The van der Waals surface area contributed by atoms with Gasteiger partial charge >= 0.3 is 0 Å². The van der Waals surface area contributed by atoms with Gasteiger partial charge in [-0.3, -0.25) is 0 Å². The van der Waals surface area contributed by atoms with Crippen LogP contribution in [0.5, 0.6) is 0 Å². The fourth-order valence-corrected chi connectivity index (χ4v) is 1.53. The summed E-state index contributed by atoms with van der Waals surface area (Å²) in [5, 5.41) is 3.75. The normalized spacial score (nSPS) is 18.0. The van der Waals surface area contributed by atoms with Gasteiger partial charge in [0.15, 0.2) is 0 Å². The van der Waals surface area contributed by atoms with E-state index in [1.54, 1.807) is 0 Å². The molecule has 0 saturated carbocycles. The fourth-order valence-electron chi connectivity index (χ4n) is 1.53. The Morgan fingerprint density at radius 3 is 1.57 bits per heavy atom. The van der Waals surface area contributed by atoms with Crippen molar-refractivity contribution in [1.82, 2.24) is 5.32 Å². The summed E-state index contributed by atoms with van der Waals surface area (Å²) in [6.45, 7) is 18.4. The van der Waals surface area contributed by atoms with Gasteiger partial charge in [-0.25, -0.2) is 0 Å². The van der Waals surface area contributed by atoms with Crippen LogP contribution >= 0.6 is 0 Å². The Morgan fingerprint density at radius 1 is 0.929 bits per heavy atom. The monoisotopic (exact) mass is 199 g/mol. The van der Waals surface area contributed by atoms with Crippen LogP contribution in [0.15, 0.2) is 0 Å². The van der Waals surface area contributed by atoms with E-state index in [1.165, 1.54) is 6.42 Å². The smallest absolute Gasteiger partial charge is 0.0116 e. The van der Waals surface area contributed by atoms with Crippen LogP contribution in [0.25, 0.3) is 0 Å². The first-order chi connectivity index (χ1) is 6.09. The third-order valence-corrected chi connectivity index (χ3v) is 3.20. The Kier molecular flexibility index (Phi) is 4.64. The highest BCUT2D eigenvalue weighted by molar-refractivity contribution is 4.85. The lowest BCUT2D eigenvalue weighted by molar-refractivity contribution is 0.189. The molecule has 0 aliphatic carbocycles. The predicted molar refractivity (Wildman–Crippen MR) is 65.6 cm³/mol. The molecule has 0 spiro atoms. The van der Waals surface area contributed by atoms with Crippen LogP contribution in [0.4, 0.5) is 0 Å². The summed E-state index contributed by atoms with van der Waals surface area (Å²) in [6.07, 6.45) is 1.20. The zero-order valence-electron chi connectivity index (χ0n) is 11.4. The van der Waals surface area contributed by atoms with Gasteiger partial charge < -0.3 is 5.32 Å². The van der Waals surface area contributed by atoms with Crippen molar-refractivity contribution in [3.05, 3.63) is 0 Å². The number of hydrogen-bond donors (Lipinski definition) is 1. The van der Waals surface area contributed by atoms with Gasteiger partial charge in [0.1, 0.15) is 0 Å². The van der Waals surface area contributed by atoms with Gasteiger partial charge in [0.05, 0.1) is 0 Å². The summed E-state index contributed by atoms with van der Waals surface area (Å²) >= 11 is 0. The highest BCUT2D eigenvalue weighted by Crippen LogP contribution is 2.25. The Hall–Kier alpha value is -0.0400. The van der Waals surface area contributed by atoms with Crippen molar-refractivity contribution in [1.29, 1.82) is 0 Å². The van der Waals surface area contributed by atoms with Gasteiger partial charge in [0.25, 0.3) is 0 Å². The predicted octanol–water partition coefficient (Wildman–Crippen LogP) is 3.84. The van der Waals surface area contributed by atoms with Gasteiger partial charge in [-0.1, -0.05) is 48.5 Å². The minimum Gasteiger partial charge on any atom is -0.310 e. The molecule has 1 heteroatoms. The van der Waals surface area contributed by atoms with Crippen molar-refractivity contribution < 1.29 is 0 Å². The van der Waals surface area contributed by atoms with Crippen molar-refractivity contribution in [3.8, 4) is 0 Å². The largest absolute Gasteiger partial charge is 0.310 e. The van der Waals surface area contributed by atoms with Crippen molar-refractivity contribution in [2.45, 2.75) is 73.9 Å². The van der Waals surface area contributed by atoms with Crippen LogP contribution < -0.4 is 5.32 Å². The van der Waals surface area contributed by atoms with E-state index < -0.39 is 0 Å². The molecular formula is C13H29N. The average molecular weight is 199 g/mol. The van der Waals surface area contributed by atoms with Crippen LogP contribution in [0.1, 0.15) is 61.8 Å². The van der Waals surface area contributed by atoms with E-state index in [0.717, 1.165) is 0 Å². The number of nitrogens with one attached hydrogen (secondary N) is 1. The molecule has 0 aromatic heterocycles. The fraction of sp³-hybridized carbons (Fsp3) is 1.00. The van der Waals surface area contributed by atoms with Gasteiger partial charge in [0.2, 0.25) is 0 Å². The van der Waals surface area contributed by atoms with Crippen molar-refractivity contribution in [2.75, 3.05) is 0 Å². The first kappa shape index (κ1) is 14.0. The van der Waals surface area contributed by atoms with Gasteiger partial charge in [-0.05, 0) is 24.2 Å². The first-order valence-electron chi connectivity index (χ1n) is 5.85. The average Bonchev–Trinajstić information content (AvgIpc) is 1.95. The maximum Gasteiger partial charge on any atom is 0.0116 e. The molecule has 0 aromatic carbocycles.